The summed E-state index contributed by atoms with van der Waals surface area (Å²) < 4.78 is 19.4. The number of nitrogens with two attached hydrogens (primary N) is 1. The number of nitrogens with zero attached hydrogens (tertiary/aromatic N) is 3. The van der Waals surface area contributed by atoms with Crippen LogP contribution in [0.15, 0.2) is 60.8 Å². The molecule has 2 aromatic heterocycles. The number of aliphatic hydroxyl groups is 1. The molecule has 0 aliphatic carbocycles. The zero-order valence-electron chi connectivity index (χ0n) is 20.4. The molecule has 0 saturated heterocycles. The van der Waals surface area contributed by atoms with Crippen molar-refractivity contribution in [2.24, 2.45) is 5.73 Å². The first-order valence-electron chi connectivity index (χ1n) is 11.8. The first-order valence-corrected chi connectivity index (χ1v) is 11.8. The maximum atomic E-state index is 13.6. The smallest absolute Gasteiger partial charge is 0.231 e. The minimum absolute atomic E-state index is 0.0178. The van der Waals surface area contributed by atoms with E-state index in [0.717, 1.165) is 5.39 Å². The molecule has 0 bridgehead atoms. The van der Waals surface area contributed by atoms with Crippen molar-refractivity contribution in [3.05, 3.63) is 83.4 Å². The monoisotopic (exact) mass is 500 g/mol. The topological polar surface area (TPSA) is 128 Å². The summed E-state index contributed by atoms with van der Waals surface area (Å²) in [5.74, 6) is -0.776. The van der Waals surface area contributed by atoms with Crippen molar-refractivity contribution in [2.45, 2.75) is 37.7 Å². The summed E-state index contributed by atoms with van der Waals surface area (Å²) in [5, 5.41) is 20.1. The number of carbonyl (C=O) groups excluding carboxylic acids is 2. The Morgan fingerprint density at radius 1 is 1.16 bits per heavy atom. The molecule has 2 aromatic carbocycles. The fraction of sp³-hybridized carbons (Fsp3) is 0.250. The van der Waals surface area contributed by atoms with Gasteiger partial charge >= 0.3 is 0 Å². The molecule has 0 unspecified atom stereocenters. The van der Waals surface area contributed by atoms with Crippen LogP contribution in [0.3, 0.4) is 0 Å². The maximum Gasteiger partial charge on any atom is 0.231 e. The van der Waals surface area contributed by atoms with Gasteiger partial charge in [-0.25, -0.2) is 9.37 Å². The van der Waals surface area contributed by atoms with Gasteiger partial charge in [-0.1, -0.05) is 0 Å². The summed E-state index contributed by atoms with van der Waals surface area (Å²) in [4.78, 5) is 30.0. The van der Waals surface area contributed by atoms with Crippen LogP contribution in [-0.2, 0) is 15.8 Å². The van der Waals surface area contributed by atoms with Gasteiger partial charge in [0.05, 0.1) is 17.4 Å². The highest BCUT2D eigenvalue weighted by atomic mass is 19.1. The van der Waals surface area contributed by atoms with E-state index in [1.807, 2.05) is 0 Å². The molecule has 188 valence electrons. The van der Waals surface area contributed by atoms with Crippen molar-refractivity contribution in [1.82, 2.24) is 15.2 Å². The van der Waals surface area contributed by atoms with Gasteiger partial charge in [0.2, 0.25) is 5.91 Å². The zero-order chi connectivity index (χ0) is 26.4. The molecule has 3 N–H and O–H groups in total. The molecule has 2 atom stereocenters. The molecule has 1 aliphatic rings. The maximum absolute atomic E-state index is 13.6. The van der Waals surface area contributed by atoms with E-state index in [-0.39, 0.29) is 30.9 Å². The number of carbonyl (C=O) groups is 2. The number of halogens is 1. The fourth-order valence-electron chi connectivity index (χ4n) is 4.46. The molecular formula is C28H25FN4O4. The fourth-order valence-corrected chi connectivity index (χ4v) is 4.46. The number of aromatic nitrogens is 3. The van der Waals surface area contributed by atoms with Crippen molar-refractivity contribution < 1.29 is 23.8 Å². The third-order valence-corrected chi connectivity index (χ3v) is 6.96. The first kappa shape index (κ1) is 24.5. The van der Waals surface area contributed by atoms with E-state index >= 15 is 0 Å². The van der Waals surface area contributed by atoms with Crippen LogP contribution in [-0.4, -0.2) is 38.6 Å². The van der Waals surface area contributed by atoms with Crippen molar-refractivity contribution in [1.29, 1.82) is 0 Å². The lowest BCUT2D eigenvalue weighted by Gasteiger charge is -2.26. The highest BCUT2D eigenvalue weighted by molar-refractivity contribution is 5.99. The number of hydrogen-bond donors (Lipinski definition) is 2. The average Bonchev–Trinajstić information content (AvgIpc) is 3.25. The molecule has 0 saturated carbocycles. The summed E-state index contributed by atoms with van der Waals surface area (Å²) in [6, 6.07) is 14.2. The van der Waals surface area contributed by atoms with Gasteiger partial charge in [0.25, 0.3) is 0 Å². The van der Waals surface area contributed by atoms with Crippen molar-refractivity contribution in [3.63, 3.8) is 0 Å². The third kappa shape index (κ3) is 4.42. The van der Waals surface area contributed by atoms with Crippen LogP contribution < -0.4 is 10.5 Å². The first-order chi connectivity index (χ1) is 17.6. The number of primary amides is 1. The second-order valence-electron chi connectivity index (χ2n) is 9.73. The molecule has 37 heavy (non-hydrogen) atoms. The number of fused-ring (bicyclic) bond motifs is 2. The van der Waals surface area contributed by atoms with Crippen LogP contribution in [0.1, 0.15) is 48.3 Å². The highest BCUT2D eigenvalue weighted by Gasteiger charge is 2.45. The van der Waals surface area contributed by atoms with E-state index in [0.29, 0.717) is 33.7 Å². The van der Waals surface area contributed by atoms with Gasteiger partial charge in [-0.3, -0.25) is 9.59 Å². The Labute approximate surface area is 212 Å². The largest absolute Gasteiger partial charge is 0.489 e. The van der Waals surface area contributed by atoms with Crippen molar-refractivity contribution >= 4 is 22.6 Å². The molecule has 5 rings (SSSR count). The van der Waals surface area contributed by atoms with E-state index in [1.165, 1.54) is 12.1 Å². The quantitative estimate of drug-likeness (QED) is 0.369. The molecule has 9 heteroatoms. The van der Waals surface area contributed by atoms with Crippen LogP contribution >= 0.6 is 0 Å². The normalized spacial score (nSPS) is 18.2. The average molecular weight is 501 g/mol. The molecular weight excluding hydrogens is 475 g/mol. The van der Waals surface area contributed by atoms with Crippen LogP contribution in [0.5, 0.6) is 5.75 Å². The summed E-state index contributed by atoms with van der Waals surface area (Å²) in [6.45, 7) is 3.25. The van der Waals surface area contributed by atoms with E-state index < -0.39 is 22.7 Å². The lowest BCUT2D eigenvalue weighted by Crippen LogP contribution is -2.40. The van der Waals surface area contributed by atoms with Gasteiger partial charge in [0, 0.05) is 28.5 Å². The van der Waals surface area contributed by atoms with Gasteiger partial charge in [-0.2, -0.15) is 10.2 Å². The highest BCUT2D eigenvalue weighted by Crippen LogP contribution is 2.45. The predicted molar refractivity (Wildman–Crippen MR) is 134 cm³/mol. The van der Waals surface area contributed by atoms with Crippen LogP contribution in [0, 0.1) is 5.82 Å². The Morgan fingerprint density at radius 3 is 2.65 bits per heavy atom. The van der Waals surface area contributed by atoms with E-state index in [4.69, 9.17) is 10.5 Å². The molecule has 4 aromatic rings. The number of Topliss-reactive ketones (excluding diaryl/α,β-unsaturated/α-hetero) is 1. The molecule has 8 nitrogen and oxygen atoms in total. The summed E-state index contributed by atoms with van der Waals surface area (Å²) in [5.41, 5.74) is 5.89. The number of ether oxygens (including phenoxy) is 1. The van der Waals surface area contributed by atoms with Crippen LogP contribution in [0.25, 0.3) is 22.2 Å². The second-order valence-corrected chi connectivity index (χ2v) is 9.73. The SMILES string of the molecule is C[C@](O)(CCC(=O)c1ccc2nnccc2c1)c1cc2c(c(-c3ccc(F)cc3)n1)OC[C@]2(C)C(N)=O. The number of benzene rings is 2. The summed E-state index contributed by atoms with van der Waals surface area (Å²) >= 11 is 0. The van der Waals surface area contributed by atoms with Crippen LogP contribution in [0.4, 0.5) is 4.39 Å². The predicted octanol–water partition coefficient (Wildman–Crippen LogP) is 3.84. The van der Waals surface area contributed by atoms with E-state index in [9.17, 15) is 19.1 Å². The van der Waals surface area contributed by atoms with Crippen LogP contribution in [0.2, 0.25) is 0 Å². The molecule has 3 heterocycles. The Hall–Kier alpha value is -4.24. The Bertz CT molecular complexity index is 1540. The Balaban J connectivity index is 1.49. The molecule has 0 spiro atoms. The van der Waals surface area contributed by atoms with E-state index in [1.54, 1.807) is 62.5 Å². The lowest BCUT2D eigenvalue weighted by molar-refractivity contribution is -0.123. The minimum Gasteiger partial charge on any atom is -0.489 e. The van der Waals surface area contributed by atoms with Gasteiger partial charge in [0.15, 0.2) is 5.78 Å². The van der Waals surface area contributed by atoms with Gasteiger partial charge < -0.3 is 15.6 Å². The molecule has 1 amide bonds. The Kier molecular flexibility index (Phi) is 5.95. The lowest BCUT2D eigenvalue weighted by atomic mass is 9.81. The van der Waals surface area contributed by atoms with Gasteiger partial charge in [-0.15, -0.1) is 0 Å². The molecule has 0 fully saturated rings. The zero-order valence-corrected chi connectivity index (χ0v) is 20.4. The summed E-state index contributed by atoms with van der Waals surface area (Å²) in [6.07, 6.45) is 1.68. The number of hydrogen-bond acceptors (Lipinski definition) is 7. The second kappa shape index (κ2) is 9.01. The minimum atomic E-state index is -1.52. The number of ketones is 1. The van der Waals surface area contributed by atoms with Crippen molar-refractivity contribution in [2.75, 3.05) is 6.61 Å². The standard InChI is InChI=1S/C28H25FN4O4/c1-27(26(30)35)15-37-25-20(27)14-23(32-24(25)16-3-6-19(29)7-4-16)28(2,36)11-9-22(34)18-5-8-21-17(13-18)10-12-31-33-21/h3-8,10,12-14,36H,9,11,15H2,1-2H3,(H2,30,35)/t27-,28-/m0/s1. The third-order valence-electron chi connectivity index (χ3n) is 6.96. The number of pyridine rings is 1. The number of amides is 1. The van der Waals surface area contributed by atoms with Gasteiger partial charge in [-0.05, 0) is 74.9 Å². The summed E-state index contributed by atoms with van der Waals surface area (Å²) in [7, 11) is 0. The van der Waals surface area contributed by atoms with E-state index in [2.05, 4.69) is 15.2 Å². The molecule has 0 radical (unpaired) electrons. The van der Waals surface area contributed by atoms with Gasteiger partial charge in [0.1, 0.15) is 34.9 Å². The number of rotatable bonds is 7. The molecule has 1 aliphatic heterocycles. The Morgan fingerprint density at radius 2 is 1.92 bits per heavy atom. The van der Waals surface area contributed by atoms with Crippen molar-refractivity contribution in [3.8, 4) is 17.0 Å².